The molecule has 0 unspecified atom stereocenters. The Hall–Kier alpha value is -6.15. The van der Waals surface area contributed by atoms with Crippen molar-refractivity contribution in [2.45, 2.75) is 124 Å². The van der Waals surface area contributed by atoms with E-state index in [9.17, 15) is 39.3 Å². The van der Waals surface area contributed by atoms with Crippen LogP contribution >= 0.6 is 0 Å². The molecule has 2 aromatic rings. The maximum absolute atomic E-state index is 14.8. The van der Waals surface area contributed by atoms with Crippen molar-refractivity contribution < 1.29 is 53.5 Å². The molecule has 5 N–H and O–H groups in total. The number of aromatic hydroxyl groups is 1. The minimum Gasteiger partial charge on any atom is -0.507 e. The summed E-state index contributed by atoms with van der Waals surface area (Å²) >= 11 is 0. The predicted octanol–water partition coefficient (Wildman–Crippen LogP) is 4.44. The van der Waals surface area contributed by atoms with Crippen molar-refractivity contribution in [2.24, 2.45) is 41.6 Å². The molecule has 8 atom stereocenters. The molecule has 7 aliphatic rings. The summed E-state index contributed by atoms with van der Waals surface area (Å²) in [4.78, 5) is 86.8. The Morgan fingerprint density at radius 3 is 2.30 bits per heavy atom. The Morgan fingerprint density at radius 2 is 1.64 bits per heavy atom. The van der Waals surface area contributed by atoms with Gasteiger partial charge in [-0.1, -0.05) is 59.8 Å². The Morgan fingerprint density at radius 1 is 0.932 bits per heavy atom. The Balaban J connectivity index is 1.08. The van der Waals surface area contributed by atoms with E-state index in [1.54, 1.807) is 63.1 Å². The first-order chi connectivity index (χ1) is 35.0. The van der Waals surface area contributed by atoms with Crippen LogP contribution in [-0.4, -0.2) is 150 Å². The van der Waals surface area contributed by atoms with Crippen molar-refractivity contribution in [3.8, 4) is 11.5 Å². The Bertz CT molecular complexity index is 2700. The fraction of sp³-hybridized carbons (Fsp3) is 0.582. The lowest BCUT2D eigenvalue weighted by Gasteiger charge is -2.38. The van der Waals surface area contributed by atoms with Gasteiger partial charge in [0.2, 0.25) is 11.7 Å². The average molecular weight is 1020 g/mol. The maximum Gasteiger partial charge on any atom is 0.315 e. The highest BCUT2D eigenvalue weighted by Crippen LogP contribution is 2.50. The van der Waals surface area contributed by atoms with Gasteiger partial charge >= 0.3 is 11.8 Å². The number of rotatable bonds is 7. The number of phenols is 1. The van der Waals surface area contributed by atoms with Crippen LogP contribution in [0.3, 0.4) is 0 Å². The van der Waals surface area contributed by atoms with Crippen LogP contribution in [0.2, 0.25) is 0 Å². The molecule has 19 heteroatoms. The number of aromatic nitrogens is 2. The van der Waals surface area contributed by atoms with Crippen molar-refractivity contribution in [2.75, 3.05) is 45.8 Å². The number of phenolic OH excluding ortho intramolecular Hbond substituents is 1. The topological polar surface area (TPSA) is 238 Å². The van der Waals surface area contributed by atoms with Gasteiger partial charge in [-0.15, -0.1) is 0 Å². The van der Waals surface area contributed by atoms with E-state index in [0.29, 0.717) is 64.6 Å². The highest BCUT2D eigenvalue weighted by Gasteiger charge is 2.54. The second kappa shape index (κ2) is 21.6. The van der Waals surface area contributed by atoms with Gasteiger partial charge < -0.3 is 54.5 Å². The van der Waals surface area contributed by atoms with E-state index in [2.05, 4.69) is 39.3 Å². The molecule has 0 radical (unpaired) electrons. The molecule has 19 nitrogen and oxygen atoms in total. The molecular weight excluding hydrogens is 949 g/mol. The third kappa shape index (κ3) is 10.7. The first-order valence-electron chi connectivity index (χ1n) is 26.1. The molecule has 1 aromatic carbocycles. The number of hydrogen-bond acceptors (Lipinski definition) is 16. The van der Waals surface area contributed by atoms with Crippen LogP contribution in [-0.2, 0) is 37.4 Å². The molecule has 2 fully saturated rings. The SMILES string of the molecule is C/C1=C/C=C/[C@H](C)[C@H](O)[C@@H](C)[C@@H](O)[C@@H](C)[C@H](OC(=O)CC(=O)N2CCN(Cc3nccn3C)CC2)[C@H](C)C/C=C/O[C@@]2(C)Oc3c(C)c(O)c4c(c3C2=O)C2=NC3(CCN(CC(C)C)CC3)NC2=C(NC1=O)C4=O. The number of hydrogen-bond donors (Lipinski definition) is 5. The van der Waals surface area contributed by atoms with Crippen LogP contribution in [0.15, 0.2) is 64.9 Å². The normalized spacial score (nSPS) is 30.5. The van der Waals surface area contributed by atoms with Crippen LogP contribution in [0.4, 0.5) is 0 Å². The Labute approximate surface area is 433 Å². The lowest BCUT2D eigenvalue weighted by molar-refractivity contribution is -0.162. The van der Waals surface area contributed by atoms with Gasteiger partial charge in [-0.2, -0.15) is 0 Å². The molecule has 9 rings (SSSR count). The Kier molecular flexibility index (Phi) is 15.8. The largest absolute Gasteiger partial charge is 0.507 e. The fourth-order valence-electron chi connectivity index (χ4n) is 11.1. The van der Waals surface area contributed by atoms with Gasteiger partial charge in [0.05, 0.1) is 47.6 Å². The lowest BCUT2D eigenvalue weighted by Crippen LogP contribution is -2.50. The van der Waals surface area contributed by atoms with E-state index < -0.39 is 89.0 Å². The molecule has 2 saturated heterocycles. The number of ether oxygens (including phenoxy) is 3. The summed E-state index contributed by atoms with van der Waals surface area (Å²) in [6.45, 7) is 21.0. The van der Waals surface area contributed by atoms with E-state index in [0.717, 1.165) is 12.4 Å². The number of carbonyl (C=O) groups is 5. The summed E-state index contributed by atoms with van der Waals surface area (Å²) in [6.07, 6.45) is 9.11. The van der Waals surface area contributed by atoms with Crippen molar-refractivity contribution in [1.82, 2.24) is 34.9 Å². The number of ketones is 2. The van der Waals surface area contributed by atoms with Crippen LogP contribution < -0.4 is 15.4 Å². The quantitative estimate of drug-likeness (QED) is 0.191. The minimum atomic E-state index is -1.97. The monoisotopic (exact) mass is 1020 g/mol. The summed E-state index contributed by atoms with van der Waals surface area (Å²) in [5.74, 6) is -6.53. The van der Waals surface area contributed by atoms with Crippen LogP contribution in [0.25, 0.3) is 0 Å². The van der Waals surface area contributed by atoms with Gasteiger partial charge in [0.25, 0.3) is 11.7 Å². The fourth-order valence-corrected chi connectivity index (χ4v) is 11.1. The predicted molar refractivity (Wildman–Crippen MR) is 275 cm³/mol. The number of imidazole rings is 1. The standard InChI is InChI=1S/C55H74N8O11/c1-30(2)28-61-19-16-55(17-20-61)58-43-40-41-48(68)36(8)51-42(40)52(70)54(9,74-51)72-26-12-15-32(4)50(73-39(65)27-38(64)63-24-22-62(23-25-63)29-37-56-18-21-60(37)10)35(7)47(67)34(6)46(66)31(3)13-11-14-33(5)53(71)57-45(49(41)69)44(43)59-55/h11-14,18,21,26,30-32,34-35,46-47,50,59,66-68H,15-17,19-20,22-25,27-29H2,1-10H3,(H,57,71)/b13-11+,26-12+,33-14-/t31-,32+,34+,35+,46-,47+,50+,54-/m0/s1. The molecule has 400 valence electrons. The zero-order valence-electron chi connectivity index (χ0n) is 44.4. The zero-order chi connectivity index (χ0) is 53.6. The number of nitrogens with one attached hydrogen (secondary N) is 2. The molecule has 0 saturated carbocycles. The number of Topliss-reactive ketones (excluding diaryl/α,β-unsaturated/α-hetero) is 2. The molecule has 74 heavy (non-hydrogen) atoms. The number of aliphatic hydroxyl groups excluding tert-OH is 2. The van der Waals surface area contributed by atoms with Crippen LogP contribution in [0.1, 0.15) is 119 Å². The molecule has 1 aromatic heterocycles. The number of aliphatic imine (C=N–C) groups is 1. The number of esters is 1. The summed E-state index contributed by atoms with van der Waals surface area (Å²) in [6, 6.07) is 0. The number of aliphatic hydroxyl groups is 2. The van der Waals surface area contributed by atoms with Gasteiger partial charge in [0.15, 0.2) is 0 Å². The number of fused-ring (bicyclic) bond motifs is 13. The number of benzene rings is 1. The van der Waals surface area contributed by atoms with Gasteiger partial charge in [0, 0.05) is 119 Å². The third-order valence-electron chi connectivity index (χ3n) is 15.8. The number of piperidine rings is 1. The van der Waals surface area contributed by atoms with Gasteiger partial charge in [-0.3, -0.25) is 33.9 Å². The van der Waals surface area contributed by atoms with Gasteiger partial charge in [-0.05, 0) is 38.2 Å². The zero-order valence-corrected chi connectivity index (χ0v) is 44.4. The van der Waals surface area contributed by atoms with Crippen molar-refractivity contribution >= 4 is 35.1 Å². The number of piperazine rings is 1. The molecule has 7 heterocycles. The van der Waals surface area contributed by atoms with Crippen LogP contribution in [0.5, 0.6) is 11.5 Å². The van der Waals surface area contributed by atoms with E-state index >= 15 is 0 Å². The van der Waals surface area contributed by atoms with Gasteiger partial charge in [-0.25, -0.2) is 4.98 Å². The van der Waals surface area contributed by atoms with Crippen molar-refractivity contribution in [3.05, 3.63) is 88.0 Å². The number of amides is 2. The van der Waals surface area contributed by atoms with E-state index in [1.807, 2.05) is 24.7 Å². The lowest BCUT2D eigenvalue weighted by atomic mass is 9.79. The number of nitrogens with zero attached hydrogens (tertiary/aromatic N) is 6. The highest BCUT2D eigenvalue weighted by atomic mass is 16.7. The minimum absolute atomic E-state index is 0.0161. The molecule has 1 spiro atoms. The second-order valence-corrected chi connectivity index (χ2v) is 21.9. The first kappa shape index (κ1) is 54.1. The maximum atomic E-state index is 14.8. The summed E-state index contributed by atoms with van der Waals surface area (Å²) in [5.41, 5.74) is -0.246. The number of allylic oxidation sites excluding steroid dienone is 5. The van der Waals surface area contributed by atoms with Crippen molar-refractivity contribution in [3.63, 3.8) is 0 Å². The smallest absolute Gasteiger partial charge is 0.315 e. The van der Waals surface area contributed by atoms with Crippen molar-refractivity contribution in [1.29, 1.82) is 0 Å². The van der Waals surface area contributed by atoms with E-state index in [4.69, 9.17) is 19.2 Å². The second-order valence-electron chi connectivity index (χ2n) is 21.9. The van der Waals surface area contributed by atoms with Crippen LogP contribution in [0, 0.1) is 36.5 Å². The molecule has 1 aliphatic carbocycles. The summed E-state index contributed by atoms with van der Waals surface area (Å²) in [5, 5.41) is 41.7. The summed E-state index contributed by atoms with van der Waals surface area (Å²) in [7, 11) is 1.93. The average Bonchev–Trinajstić information content (AvgIpc) is 4.03. The van der Waals surface area contributed by atoms with E-state index in [-0.39, 0.29) is 63.0 Å². The number of likely N-dealkylation sites (tertiary alicyclic amines) is 1. The van der Waals surface area contributed by atoms with Gasteiger partial charge in [0.1, 0.15) is 41.2 Å². The number of carbonyl (C=O) groups excluding carboxylic acids is 5. The third-order valence-corrected chi connectivity index (χ3v) is 15.8. The molecule has 2 amide bonds. The molecule has 6 aliphatic heterocycles. The van der Waals surface area contributed by atoms with E-state index in [1.165, 1.54) is 20.1 Å². The number of aryl methyl sites for hydroxylation is 1. The highest BCUT2D eigenvalue weighted by molar-refractivity contribution is 6.34. The molecule has 5 bridgehead atoms. The first-order valence-corrected chi connectivity index (χ1v) is 26.1. The summed E-state index contributed by atoms with van der Waals surface area (Å²) < 4.78 is 20.6. The molecular formula is C55H74N8O11.